The van der Waals surface area contributed by atoms with Crippen LogP contribution in [0, 0.1) is 20.8 Å². The van der Waals surface area contributed by atoms with Gasteiger partial charge in [-0.1, -0.05) is 0 Å². The zero-order valence-corrected chi connectivity index (χ0v) is 8.49. The van der Waals surface area contributed by atoms with E-state index < -0.39 is 0 Å². The van der Waals surface area contributed by atoms with Crippen molar-refractivity contribution < 1.29 is 19.5 Å². The molecule has 1 heterocycles. The van der Waals surface area contributed by atoms with Gasteiger partial charge in [-0.3, -0.25) is 0 Å². The van der Waals surface area contributed by atoms with Gasteiger partial charge < -0.3 is 4.57 Å². The molecule has 1 rings (SSSR count). The molecule has 0 atom stereocenters. The van der Waals surface area contributed by atoms with Crippen LogP contribution < -0.4 is 0 Å². The van der Waals surface area contributed by atoms with Crippen molar-refractivity contribution in [3.63, 3.8) is 0 Å². The Kier molecular flexibility index (Phi) is 3.24. The molecule has 10 heavy (non-hydrogen) atoms. The quantitative estimate of drug-likeness (QED) is 0.609. The Morgan fingerprint density at radius 3 is 1.80 bits per heavy atom. The van der Waals surface area contributed by atoms with Crippen molar-refractivity contribution in [1.82, 2.24) is 9.55 Å². The molecular weight excluding hydrogens is 213 g/mol. The number of hydrogen-bond donors (Lipinski definition) is 0. The SMILES string of the molecule is Cc1nc(C)n(C)c1C.[Ru]. The minimum absolute atomic E-state index is 0. The van der Waals surface area contributed by atoms with Crippen molar-refractivity contribution in [2.75, 3.05) is 0 Å². The molecule has 0 saturated carbocycles. The summed E-state index contributed by atoms with van der Waals surface area (Å²) >= 11 is 0. The van der Waals surface area contributed by atoms with E-state index in [2.05, 4.69) is 16.5 Å². The predicted molar refractivity (Wildman–Crippen MR) is 37.4 cm³/mol. The molecule has 0 N–H and O–H groups in total. The minimum Gasteiger partial charge on any atom is -0.335 e. The van der Waals surface area contributed by atoms with Crippen LogP contribution in [-0.4, -0.2) is 9.55 Å². The fourth-order valence-electron chi connectivity index (χ4n) is 0.884. The Labute approximate surface area is 74.4 Å². The van der Waals surface area contributed by atoms with E-state index >= 15 is 0 Å². The van der Waals surface area contributed by atoms with Crippen LogP contribution in [-0.2, 0) is 26.5 Å². The van der Waals surface area contributed by atoms with Crippen LogP contribution in [0.2, 0.25) is 0 Å². The number of aryl methyl sites for hydroxylation is 2. The molecule has 0 unspecified atom stereocenters. The molecule has 0 aliphatic carbocycles. The third-order valence-electron chi connectivity index (χ3n) is 1.84. The van der Waals surface area contributed by atoms with Gasteiger partial charge in [0.2, 0.25) is 0 Å². The van der Waals surface area contributed by atoms with Crippen LogP contribution in [0.25, 0.3) is 0 Å². The van der Waals surface area contributed by atoms with Gasteiger partial charge in [0.05, 0.1) is 5.69 Å². The van der Waals surface area contributed by atoms with Gasteiger partial charge in [-0.05, 0) is 20.8 Å². The standard InChI is InChI=1S/C7H12N2.Ru/c1-5-6(2)9(4)7(3)8-5;/h1-4H3;. The molecule has 3 heteroatoms. The molecule has 1 aromatic rings. The van der Waals surface area contributed by atoms with E-state index in [9.17, 15) is 0 Å². The maximum absolute atomic E-state index is 4.27. The van der Waals surface area contributed by atoms with Gasteiger partial charge in [-0.15, -0.1) is 0 Å². The Morgan fingerprint density at radius 1 is 1.20 bits per heavy atom. The fraction of sp³-hybridized carbons (Fsp3) is 0.571. The molecule has 0 radical (unpaired) electrons. The Hall–Kier alpha value is -0.167. The van der Waals surface area contributed by atoms with Gasteiger partial charge in [-0.25, -0.2) is 4.98 Å². The van der Waals surface area contributed by atoms with Crippen LogP contribution in [0.4, 0.5) is 0 Å². The molecule has 0 bridgehead atoms. The second kappa shape index (κ2) is 3.29. The predicted octanol–water partition coefficient (Wildman–Crippen LogP) is 1.34. The largest absolute Gasteiger partial charge is 0.335 e. The molecule has 0 aromatic carbocycles. The van der Waals surface area contributed by atoms with E-state index in [0.29, 0.717) is 0 Å². The van der Waals surface area contributed by atoms with Gasteiger partial charge in [0, 0.05) is 32.2 Å². The van der Waals surface area contributed by atoms with E-state index in [1.807, 2.05) is 20.9 Å². The first-order valence-corrected chi connectivity index (χ1v) is 3.09. The van der Waals surface area contributed by atoms with E-state index in [1.165, 1.54) is 5.69 Å². The van der Waals surface area contributed by atoms with Crippen LogP contribution >= 0.6 is 0 Å². The first kappa shape index (κ1) is 9.83. The number of rotatable bonds is 0. The molecule has 0 aliphatic rings. The maximum Gasteiger partial charge on any atom is 0.105 e. The van der Waals surface area contributed by atoms with Crippen molar-refractivity contribution in [1.29, 1.82) is 0 Å². The summed E-state index contributed by atoms with van der Waals surface area (Å²) in [5.74, 6) is 1.09. The average molecular weight is 225 g/mol. The Bertz CT molecular complexity index is 205. The molecule has 58 valence electrons. The first-order valence-electron chi connectivity index (χ1n) is 3.09. The molecule has 2 nitrogen and oxygen atoms in total. The van der Waals surface area contributed by atoms with Crippen molar-refractivity contribution in [3.8, 4) is 0 Å². The summed E-state index contributed by atoms with van der Waals surface area (Å²) in [6.07, 6.45) is 0. The number of nitrogens with zero attached hydrogens (tertiary/aromatic N) is 2. The fourth-order valence-corrected chi connectivity index (χ4v) is 0.884. The normalized spacial score (nSPS) is 9.20. The molecular formula is C7H12N2Ru. The molecule has 0 aliphatic heterocycles. The van der Waals surface area contributed by atoms with Gasteiger partial charge in [-0.2, -0.15) is 0 Å². The number of aromatic nitrogens is 2. The van der Waals surface area contributed by atoms with E-state index in [1.54, 1.807) is 0 Å². The van der Waals surface area contributed by atoms with E-state index in [4.69, 9.17) is 0 Å². The summed E-state index contributed by atoms with van der Waals surface area (Å²) < 4.78 is 2.09. The molecule has 0 amide bonds. The summed E-state index contributed by atoms with van der Waals surface area (Å²) in [5.41, 5.74) is 2.39. The topological polar surface area (TPSA) is 17.8 Å². The summed E-state index contributed by atoms with van der Waals surface area (Å²) in [6.45, 7) is 6.12. The van der Waals surface area contributed by atoms with Crippen LogP contribution in [0.15, 0.2) is 0 Å². The van der Waals surface area contributed by atoms with Gasteiger partial charge in [0.1, 0.15) is 5.82 Å². The second-order valence-corrected chi connectivity index (χ2v) is 2.39. The maximum atomic E-state index is 4.27. The first-order chi connectivity index (χ1) is 4.13. The van der Waals surface area contributed by atoms with Crippen molar-refractivity contribution in [2.24, 2.45) is 7.05 Å². The van der Waals surface area contributed by atoms with Crippen LogP contribution in [0.5, 0.6) is 0 Å². The summed E-state index contributed by atoms with van der Waals surface area (Å²) in [5, 5.41) is 0. The van der Waals surface area contributed by atoms with Crippen molar-refractivity contribution in [3.05, 3.63) is 17.2 Å². The third kappa shape index (κ3) is 1.46. The monoisotopic (exact) mass is 226 g/mol. The average Bonchev–Trinajstić information content (AvgIpc) is 1.98. The van der Waals surface area contributed by atoms with E-state index in [0.717, 1.165) is 11.5 Å². The summed E-state index contributed by atoms with van der Waals surface area (Å²) in [4.78, 5) is 4.27. The Morgan fingerprint density at radius 2 is 1.70 bits per heavy atom. The molecule has 0 spiro atoms. The smallest absolute Gasteiger partial charge is 0.105 e. The second-order valence-electron chi connectivity index (χ2n) is 2.39. The minimum atomic E-state index is 0. The zero-order chi connectivity index (χ0) is 7.02. The zero-order valence-electron chi connectivity index (χ0n) is 6.75. The molecule has 1 aromatic heterocycles. The van der Waals surface area contributed by atoms with Crippen LogP contribution in [0.3, 0.4) is 0 Å². The molecule has 0 fully saturated rings. The van der Waals surface area contributed by atoms with Gasteiger partial charge in [0.15, 0.2) is 0 Å². The molecule has 0 saturated heterocycles. The number of hydrogen-bond acceptors (Lipinski definition) is 1. The Balaban J connectivity index is 0.000000810. The van der Waals surface area contributed by atoms with Gasteiger partial charge in [0.25, 0.3) is 0 Å². The van der Waals surface area contributed by atoms with Gasteiger partial charge >= 0.3 is 0 Å². The summed E-state index contributed by atoms with van der Waals surface area (Å²) in [7, 11) is 2.03. The summed E-state index contributed by atoms with van der Waals surface area (Å²) in [6, 6.07) is 0. The van der Waals surface area contributed by atoms with Crippen molar-refractivity contribution in [2.45, 2.75) is 20.8 Å². The van der Waals surface area contributed by atoms with Crippen molar-refractivity contribution >= 4 is 0 Å². The number of imidazole rings is 1. The van der Waals surface area contributed by atoms with E-state index in [-0.39, 0.29) is 19.5 Å². The third-order valence-corrected chi connectivity index (χ3v) is 1.84. The van der Waals surface area contributed by atoms with Crippen LogP contribution in [0.1, 0.15) is 17.2 Å².